The van der Waals surface area contributed by atoms with Gasteiger partial charge in [0.15, 0.2) is 0 Å². The molecule has 2 amide bonds. The predicted octanol–water partition coefficient (Wildman–Crippen LogP) is 2.47. The van der Waals surface area contributed by atoms with E-state index < -0.39 is 24.1 Å². The largest absolute Gasteiger partial charge is 0.481 e. The molecular formula is C25H26N2O6. The second-order valence-electron chi connectivity index (χ2n) is 8.82. The number of carbonyl (C=O) groups excluding carboxylic acids is 2. The average molecular weight is 450 g/mol. The zero-order chi connectivity index (χ0) is 22.9. The zero-order valence-corrected chi connectivity index (χ0v) is 18.1. The van der Waals surface area contributed by atoms with E-state index in [-0.39, 0.29) is 44.0 Å². The molecule has 0 aromatic heterocycles. The molecule has 5 rings (SSSR count). The van der Waals surface area contributed by atoms with Gasteiger partial charge in [0.2, 0.25) is 0 Å². The number of ether oxygens (including phenoxy) is 2. The average Bonchev–Trinajstić information content (AvgIpc) is 3.38. The van der Waals surface area contributed by atoms with E-state index in [4.69, 9.17) is 14.6 Å². The lowest BCUT2D eigenvalue weighted by atomic mass is 9.95. The summed E-state index contributed by atoms with van der Waals surface area (Å²) in [5, 5.41) is 11.8. The summed E-state index contributed by atoms with van der Waals surface area (Å²) in [5.74, 6) is -1.78. The van der Waals surface area contributed by atoms with Gasteiger partial charge < -0.3 is 24.8 Å². The molecule has 3 aliphatic rings. The molecular weight excluding hydrogens is 424 g/mol. The van der Waals surface area contributed by atoms with Crippen LogP contribution in [-0.2, 0) is 19.1 Å². The number of carboxylic acid groups (broad SMARTS) is 1. The number of nitrogens with zero attached hydrogens (tertiary/aromatic N) is 1. The number of rotatable bonds is 6. The summed E-state index contributed by atoms with van der Waals surface area (Å²) in [5.41, 5.74) is 4.64. The van der Waals surface area contributed by atoms with E-state index in [1.165, 1.54) is 16.0 Å². The van der Waals surface area contributed by atoms with E-state index in [1.54, 1.807) is 0 Å². The van der Waals surface area contributed by atoms with Gasteiger partial charge in [-0.05, 0) is 28.7 Å². The van der Waals surface area contributed by atoms with E-state index in [9.17, 15) is 14.4 Å². The first kappa shape index (κ1) is 21.5. The van der Waals surface area contributed by atoms with Crippen molar-refractivity contribution in [1.29, 1.82) is 0 Å². The molecule has 2 N–H and O–H groups in total. The third kappa shape index (κ3) is 4.06. The molecule has 0 spiro atoms. The van der Waals surface area contributed by atoms with Crippen LogP contribution in [0.25, 0.3) is 11.1 Å². The monoisotopic (exact) mass is 450 g/mol. The molecule has 2 aliphatic heterocycles. The van der Waals surface area contributed by atoms with Crippen molar-refractivity contribution in [2.24, 2.45) is 11.8 Å². The van der Waals surface area contributed by atoms with Gasteiger partial charge in [-0.25, -0.2) is 4.79 Å². The Hall–Kier alpha value is -3.39. The Morgan fingerprint density at radius 2 is 1.67 bits per heavy atom. The number of hydrogen-bond acceptors (Lipinski definition) is 5. The van der Waals surface area contributed by atoms with Gasteiger partial charge >= 0.3 is 12.1 Å². The molecule has 0 unspecified atom stereocenters. The third-order valence-corrected chi connectivity index (χ3v) is 6.85. The van der Waals surface area contributed by atoms with E-state index >= 15 is 0 Å². The lowest BCUT2D eigenvalue weighted by Gasteiger charge is -2.38. The SMILES string of the molecule is O=C(NC[C@@H]1CCO[C@@H]1C(=O)N1CC(C(=O)O)C1)OCC1c2ccccc2-c2ccccc21. The van der Waals surface area contributed by atoms with E-state index in [0.717, 1.165) is 11.1 Å². The van der Waals surface area contributed by atoms with Crippen LogP contribution in [0.1, 0.15) is 23.5 Å². The maximum Gasteiger partial charge on any atom is 0.407 e. The zero-order valence-electron chi connectivity index (χ0n) is 18.1. The number of fused-ring (bicyclic) bond motifs is 3. The van der Waals surface area contributed by atoms with E-state index in [2.05, 4.69) is 29.6 Å². The van der Waals surface area contributed by atoms with Crippen LogP contribution in [0.15, 0.2) is 48.5 Å². The maximum absolute atomic E-state index is 12.6. The quantitative estimate of drug-likeness (QED) is 0.701. The summed E-state index contributed by atoms with van der Waals surface area (Å²) in [6.07, 6.45) is -0.533. The topological polar surface area (TPSA) is 105 Å². The van der Waals surface area contributed by atoms with Crippen LogP contribution in [0.3, 0.4) is 0 Å². The molecule has 2 heterocycles. The Bertz CT molecular complexity index is 1030. The van der Waals surface area contributed by atoms with Gasteiger partial charge in [-0.15, -0.1) is 0 Å². The fourth-order valence-corrected chi connectivity index (χ4v) is 4.97. The van der Waals surface area contributed by atoms with E-state index in [0.29, 0.717) is 13.0 Å². The van der Waals surface area contributed by atoms with Crippen LogP contribution < -0.4 is 5.32 Å². The second-order valence-corrected chi connectivity index (χ2v) is 8.82. The van der Waals surface area contributed by atoms with Gasteiger partial charge in [0.05, 0.1) is 5.92 Å². The number of aliphatic carboxylic acids is 1. The van der Waals surface area contributed by atoms with Crippen molar-refractivity contribution in [2.45, 2.75) is 18.4 Å². The van der Waals surface area contributed by atoms with Crippen molar-refractivity contribution >= 4 is 18.0 Å². The Kier molecular flexibility index (Phi) is 5.76. The molecule has 2 aromatic rings. The highest BCUT2D eigenvalue weighted by atomic mass is 16.5. The van der Waals surface area contributed by atoms with Crippen LogP contribution in [0, 0.1) is 11.8 Å². The van der Waals surface area contributed by atoms with Gasteiger partial charge in [0.25, 0.3) is 5.91 Å². The van der Waals surface area contributed by atoms with Crippen molar-refractivity contribution in [3.63, 3.8) is 0 Å². The highest BCUT2D eigenvalue weighted by molar-refractivity contribution is 5.85. The van der Waals surface area contributed by atoms with Gasteiger partial charge in [-0.1, -0.05) is 48.5 Å². The number of nitrogens with one attached hydrogen (secondary N) is 1. The Morgan fingerprint density at radius 1 is 1.03 bits per heavy atom. The minimum Gasteiger partial charge on any atom is -0.481 e. The standard InChI is InChI=1S/C25H26N2O6/c28-23(27-12-16(13-27)24(29)30)22-15(9-10-32-22)11-26-25(31)33-14-21-19-7-3-1-5-17(19)18-6-2-4-8-20(18)21/h1-8,15-16,21-22H,9-14H2,(H,26,31)(H,29,30)/t15-,22-/m0/s1. The Balaban J connectivity index is 1.14. The summed E-state index contributed by atoms with van der Waals surface area (Å²) < 4.78 is 11.2. The number of benzene rings is 2. The maximum atomic E-state index is 12.6. The van der Waals surface area contributed by atoms with Crippen molar-refractivity contribution in [2.75, 3.05) is 32.8 Å². The molecule has 8 nitrogen and oxygen atoms in total. The van der Waals surface area contributed by atoms with Crippen LogP contribution in [0.2, 0.25) is 0 Å². The number of hydrogen-bond donors (Lipinski definition) is 2. The van der Waals surface area contributed by atoms with Crippen molar-refractivity contribution in [3.05, 3.63) is 59.7 Å². The van der Waals surface area contributed by atoms with E-state index in [1.807, 2.05) is 24.3 Å². The van der Waals surface area contributed by atoms with Crippen molar-refractivity contribution < 1.29 is 29.0 Å². The van der Waals surface area contributed by atoms with Crippen molar-refractivity contribution in [3.8, 4) is 11.1 Å². The second kappa shape index (κ2) is 8.86. The normalized spacial score (nSPS) is 21.8. The van der Waals surface area contributed by atoms with Crippen LogP contribution >= 0.6 is 0 Å². The molecule has 172 valence electrons. The predicted molar refractivity (Wildman–Crippen MR) is 119 cm³/mol. The van der Waals surface area contributed by atoms with Crippen LogP contribution in [0.4, 0.5) is 4.79 Å². The molecule has 33 heavy (non-hydrogen) atoms. The van der Waals surface area contributed by atoms with Gasteiger partial charge in [-0.2, -0.15) is 0 Å². The number of amides is 2. The first-order valence-electron chi connectivity index (χ1n) is 11.2. The number of carbonyl (C=O) groups is 3. The number of alkyl carbamates (subject to hydrolysis) is 1. The summed E-state index contributed by atoms with van der Waals surface area (Å²) >= 11 is 0. The highest BCUT2D eigenvalue weighted by Crippen LogP contribution is 2.44. The van der Waals surface area contributed by atoms with Crippen LogP contribution in [-0.4, -0.2) is 66.9 Å². The Morgan fingerprint density at radius 3 is 2.30 bits per heavy atom. The lowest BCUT2D eigenvalue weighted by Crippen LogP contribution is -2.57. The Labute approximate surface area is 191 Å². The summed E-state index contributed by atoms with van der Waals surface area (Å²) in [4.78, 5) is 37.6. The molecule has 0 radical (unpaired) electrons. The number of likely N-dealkylation sites (tertiary alicyclic amines) is 1. The first-order valence-corrected chi connectivity index (χ1v) is 11.2. The van der Waals surface area contributed by atoms with Gasteiger partial charge in [-0.3, -0.25) is 9.59 Å². The van der Waals surface area contributed by atoms with Gasteiger partial charge in [0.1, 0.15) is 12.7 Å². The molecule has 2 saturated heterocycles. The molecule has 2 fully saturated rings. The first-order chi connectivity index (χ1) is 16.0. The molecule has 2 atom stereocenters. The molecule has 2 aromatic carbocycles. The minimum absolute atomic E-state index is 0.0131. The van der Waals surface area contributed by atoms with Crippen molar-refractivity contribution in [1.82, 2.24) is 10.2 Å². The molecule has 0 bridgehead atoms. The summed E-state index contributed by atoms with van der Waals surface area (Å²) in [6, 6.07) is 16.3. The van der Waals surface area contributed by atoms with Crippen LogP contribution in [0.5, 0.6) is 0 Å². The molecule has 1 aliphatic carbocycles. The third-order valence-electron chi connectivity index (χ3n) is 6.85. The minimum atomic E-state index is -0.889. The molecule has 0 saturated carbocycles. The summed E-state index contributed by atoms with van der Waals surface area (Å²) in [6.45, 7) is 1.35. The fraction of sp³-hybridized carbons (Fsp3) is 0.400. The molecule has 8 heteroatoms. The highest BCUT2D eigenvalue weighted by Gasteiger charge is 2.43. The smallest absolute Gasteiger partial charge is 0.407 e. The lowest BCUT2D eigenvalue weighted by molar-refractivity contribution is -0.158. The fourth-order valence-electron chi connectivity index (χ4n) is 4.97. The number of carboxylic acids is 1. The van der Waals surface area contributed by atoms with Gasteiger partial charge in [0, 0.05) is 38.1 Å². The summed E-state index contributed by atoms with van der Waals surface area (Å²) in [7, 11) is 0.